The molecule has 8 rings (SSSR count). The van der Waals surface area contributed by atoms with Crippen LogP contribution in [-0.2, 0) is 0 Å². The van der Waals surface area contributed by atoms with Gasteiger partial charge in [0.25, 0.3) is 0 Å². The maximum Gasteiger partial charge on any atom is 0.228 e. The number of aliphatic hydroxyl groups is 1. The van der Waals surface area contributed by atoms with Crippen LogP contribution >= 0.6 is 22.9 Å². The number of rotatable bonds is 4. The largest absolute Gasteiger partial charge is 0.488 e. The lowest BCUT2D eigenvalue weighted by Crippen LogP contribution is -2.59. The number of likely N-dealkylation sites (tertiary alicyclic amines) is 1. The number of hydrogen-bond acceptors (Lipinski definition) is 11. The van der Waals surface area contributed by atoms with Crippen LogP contribution in [-0.4, -0.2) is 114 Å². The molecule has 3 aromatic rings. The number of likely N-dealkylation sites (N-methyl/N-ethyl adjacent to an activating group) is 1. The Morgan fingerprint density at radius 2 is 1.88 bits per heavy atom. The van der Waals surface area contributed by atoms with E-state index in [9.17, 15) is 9.50 Å². The van der Waals surface area contributed by atoms with Crippen molar-refractivity contribution in [1.82, 2.24) is 25.0 Å². The summed E-state index contributed by atoms with van der Waals surface area (Å²) in [5, 5.41) is 16.2. The number of thiazole rings is 1. The Morgan fingerprint density at radius 3 is 2.63 bits per heavy atom. The van der Waals surface area contributed by atoms with Crippen molar-refractivity contribution in [2.24, 2.45) is 4.99 Å². The third-order valence-electron chi connectivity index (χ3n) is 9.68. The van der Waals surface area contributed by atoms with Crippen LogP contribution in [0.5, 0.6) is 5.75 Å². The summed E-state index contributed by atoms with van der Waals surface area (Å²) in [7, 11) is 0. The molecule has 43 heavy (non-hydrogen) atoms. The molecule has 2 aromatic carbocycles. The van der Waals surface area contributed by atoms with Crippen LogP contribution < -0.4 is 20.7 Å². The van der Waals surface area contributed by atoms with Gasteiger partial charge >= 0.3 is 0 Å². The number of nitrogens with one attached hydrogen (secondary N) is 1. The molecule has 2 bridgehead atoms. The first-order chi connectivity index (χ1) is 20.9. The van der Waals surface area contributed by atoms with E-state index >= 15 is 0 Å². The molecule has 10 nitrogen and oxygen atoms in total. The zero-order valence-corrected chi connectivity index (χ0v) is 25.7. The fourth-order valence-corrected chi connectivity index (χ4v) is 8.63. The number of amidine groups is 1. The predicted octanol–water partition coefficient (Wildman–Crippen LogP) is 3.02. The SMILES string of the molecule is CCN1CCN(CC2COc3c(-c4ccc(F)c5sc(N)nc45)c(Cl)cc4c3N2C(O)N=C4N2CC3CCC(C2)N3)CC1. The summed E-state index contributed by atoms with van der Waals surface area (Å²) in [6.45, 7) is 9.99. The van der Waals surface area contributed by atoms with Gasteiger partial charge in [0.1, 0.15) is 18.3 Å². The Balaban J connectivity index is 1.25. The van der Waals surface area contributed by atoms with Crippen molar-refractivity contribution in [3.63, 3.8) is 0 Å². The van der Waals surface area contributed by atoms with E-state index in [1.165, 1.54) is 6.07 Å². The quantitative estimate of drug-likeness (QED) is 0.403. The van der Waals surface area contributed by atoms with Crippen LogP contribution in [0.15, 0.2) is 23.2 Å². The van der Waals surface area contributed by atoms with Gasteiger partial charge in [-0.2, -0.15) is 0 Å². The molecule has 3 saturated heterocycles. The second-order valence-corrected chi connectivity index (χ2v) is 13.7. The summed E-state index contributed by atoms with van der Waals surface area (Å²) in [6.07, 6.45) is 1.19. The van der Waals surface area contributed by atoms with Gasteiger partial charge in [0.05, 0.1) is 27.0 Å². The van der Waals surface area contributed by atoms with Crippen LogP contribution in [0.3, 0.4) is 0 Å². The van der Waals surface area contributed by atoms with E-state index < -0.39 is 6.35 Å². The van der Waals surface area contributed by atoms with E-state index in [1.54, 1.807) is 6.07 Å². The molecular formula is C30H36ClFN8O2S. The Hall–Kier alpha value is -2.74. The van der Waals surface area contributed by atoms with E-state index in [-0.39, 0.29) is 17.0 Å². The fourth-order valence-electron chi connectivity index (χ4n) is 7.56. The van der Waals surface area contributed by atoms with E-state index in [2.05, 4.69) is 31.9 Å². The fraction of sp³-hybridized carbons (Fsp3) is 0.533. The van der Waals surface area contributed by atoms with Crippen molar-refractivity contribution >= 4 is 49.8 Å². The molecule has 0 radical (unpaired) electrons. The average molecular weight is 627 g/mol. The maximum absolute atomic E-state index is 14.8. The van der Waals surface area contributed by atoms with Crippen molar-refractivity contribution in [3.05, 3.63) is 34.6 Å². The molecule has 4 unspecified atom stereocenters. The molecule has 5 aliphatic rings. The molecule has 13 heteroatoms. The third-order valence-corrected chi connectivity index (χ3v) is 10.9. The van der Waals surface area contributed by atoms with Crippen molar-refractivity contribution in [3.8, 4) is 16.9 Å². The van der Waals surface area contributed by atoms with E-state index in [0.29, 0.717) is 50.8 Å². The summed E-state index contributed by atoms with van der Waals surface area (Å²) in [5.41, 5.74) is 9.41. The number of piperazine rings is 2. The number of fused-ring (bicyclic) bond motifs is 3. The van der Waals surface area contributed by atoms with Crippen LogP contribution in [0.1, 0.15) is 25.3 Å². The maximum atomic E-state index is 14.8. The number of hydrogen-bond donors (Lipinski definition) is 3. The Bertz CT molecular complexity index is 1600. The van der Waals surface area contributed by atoms with Gasteiger partial charge in [-0.05, 0) is 37.6 Å². The number of halogens is 2. The average Bonchev–Trinajstić information content (AvgIpc) is 3.57. The number of aromatic nitrogens is 1. The first-order valence-corrected chi connectivity index (χ1v) is 16.4. The molecule has 0 saturated carbocycles. The minimum absolute atomic E-state index is 0.115. The number of benzene rings is 2. The van der Waals surface area contributed by atoms with Crippen LogP contribution in [0, 0.1) is 5.82 Å². The number of nitrogen functional groups attached to an aromatic ring is 1. The molecule has 4 atom stereocenters. The monoisotopic (exact) mass is 626 g/mol. The van der Waals surface area contributed by atoms with Crippen molar-refractivity contribution in [2.75, 3.05) is 69.6 Å². The van der Waals surface area contributed by atoms with Crippen molar-refractivity contribution < 1.29 is 14.2 Å². The standard InChI is InChI=1S/C30H36ClFN8O2S/c1-2-37-7-9-38(10-8-37)14-18-15-42-26-23(19-5-6-22(32)27-24(19)35-29(33)43-27)21(31)11-20-25(26)40(18)30(41)36-28(20)39-12-16-3-4-17(13-39)34-16/h5-6,11,16-18,30,34,41H,2-4,7-10,12-15H2,1H3,(H2,33,35). The molecule has 0 amide bonds. The molecule has 6 heterocycles. The molecule has 3 fully saturated rings. The van der Waals surface area contributed by atoms with Gasteiger partial charge < -0.3 is 35.6 Å². The van der Waals surface area contributed by atoms with Gasteiger partial charge in [-0.3, -0.25) is 4.90 Å². The van der Waals surface area contributed by atoms with Gasteiger partial charge in [0, 0.05) is 74.6 Å². The lowest BCUT2D eigenvalue weighted by atomic mass is 9.94. The topological polar surface area (TPSA) is 106 Å². The summed E-state index contributed by atoms with van der Waals surface area (Å²) < 4.78 is 21.8. The van der Waals surface area contributed by atoms with Gasteiger partial charge in [-0.25, -0.2) is 14.4 Å². The molecule has 4 N–H and O–H groups in total. The summed E-state index contributed by atoms with van der Waals surface area (Å²) >= 11 is 8.23. The normalized spacial score (nSPS) is 27.4. The van der Waals surface area contributed by atoms with E-state index in [0.717, 1.165) is 93.6 Å². The number of nitrogens with zero attached hydrogens (tertiary/aromatic N) is 6. The van der Waals surface area contributed by atoms with Gasteiger partial charge in [0.15, 0.2) is 10.9 Å². The minimum atomic E-state index is -1.07. The van der Waals surface area contributed by atoms with Gasteiger partial charge in [-0.15, -0.1) is 0 Å². The van der Waals surface area contributed by atoms with Crippen LogP contribution in [0.4, 0.5) is 15.2 Å². The summed E-state index contributed by atoms with van der Waals surface area (Å²) in [5.74, 6) is 0.938. The Morgan fingerprint density at radius 1 is 1.14 bits per heavy atom. The summed E-state index contributed by atoms with van der Waals surface area (Å²) in [4.78, 5) is 18.6. The van der Waals surface area contributed by atoms with Crippen molar-refractivity contribution in [1.29, 1.82) is 0 Å². The first-order valence-electron chi connectivity index (χ1n) is 15.2. The molecular weight excluding hydrogens is 591 g/mol. The smallest absolute Gasteiger partial charge is 0.228 e. The zero-order valence-electron chi connectivity index (χ0n) is 24.1. The second-order valence-electron chi connectivity index (χ2n) is 12.2. The van der Waals surface area contributed by atoms with Gasteiger partial charge in [0.2, 0.25) is 6.35 Å². The lowest BCUT2D eigenvalue weighted by Gasteiger charge is -2.47. The number of nitrogens with two attached hydrogens (primary N) is 1. The van der Waals surface area contributed by atoms with E-state index in [1.807, 2.05) is 11.0 Å². The lowest BCUT2D eigenvalue weighted by molar-refractivity contribution is 0.0945. The van der Waals surface area contributed by atoms with Crippen molar-refractivity contribution in [2.45, 2.75) is 44.2 Å². The molecule has 0 aliphatic carbocycles. The third kappa shape index (κ3) is 4.65. The highest BCUT2D eigenvalue weighted by Gasteiger charge is 2.44. The van der Waals surface area contributed by atoms with E-state index in [4.69, 9.17) is 27.1 Å². The van der Waals surface area contributed by atoms with Gasteiger partial charge in [-0.1, -0.05) is 29.9 Å². The highest BCUT2D eigenvalue weighted by molar-refractivity contribution is 7.22. The summed E-state index contributed by atoms with van der Waals surface area (Å²) in [6, 6.07) is 5.74. The highest BCUT2D eigenvalue weighted by Crippen LogP contribution is 2.52. The molecule has 228 valence electrons. The minimum Gasteiger partial charge on any atom is -0.488 e. The number of aliphatic imine (C=N–C) groups is 1. The number of anilines is 2. The number of ether oxygens (including phenoxy) is 1. The Kier molecular flexibility index (Phi) is 6.92. The molecule has 0 spiro atoms. The number of aliphatic hydroxyl groups excluding tert-OH is 1. The Labute approximate surface area is 258 Å². The first kappa shape index (κ1) is 27.8. The van der Waals surface area contributed by atoms with Crippen LogP contribution in [0.2, 0.25) is 5.02 Å². The molecule has 1 aromatic heterocycles. The molecule has 5 aliphatic heterocycles. The highest BCUT2D eigenvalue weighted by atomic mass is 35.5. The van der Waals surface area contributed by atoms with Crippen LogP contribution in [0.25, 0.3) is 21.3 Å². The predicted molar refractivity (Wildman–Crippen MR) is 169 cm³/mol. The zero-order chi connectivity index (χ0) is 29.4. The second kappa shape index (κ2) is 10.7.